The minimum atomic E-state index is -2.82. The summed E-state index contributed by atoms with van der Waals surface area (Å²) in [4.78, 5) is 17.0. The van der Waals surface area contributed by atoms with E-state index >= 15 is 0 Å². The van der Waals surface area contributed by atoms with Crippen molar-refractivity contribution in [1.82, 2.24) is 4.90 Å². The highest BCUT2D eigenvalue weighted by Gasteiger charge is 2.37. The second kappa shape index (κ2) is 7.52. The first-order valence-corrected chi connectivity index (χ1v) is 12.4. The molecule has 5 nitrogen and oxygen atoms in total. The Kier molecular flexibility index (Phi) is 5.30. The van der Waals surface area contributed by atoms with Crippen LogP contribution in [0, 0.1) is 0 Å². The van der Waals surface area contributed by atoms with Crippen molar-refractivity contribution in [2.45, 2.75) is 36.6 Å². The molecule has 4 rings (SSSR count). The van der Waals surface area contributed by atoms with Gasteiger partial charge in [-0.2, -0.15) is 0 Å². The summed E-state index contributed by atoms with van der Waals surface area (Å²) in [5, 5.41) is 0. The molecule has 26 heavy (non-hydrogen) atoms. The molecule has 1 aromatic rings. The molecule has 2 heterocycles. The molecule has 1 aromatic carbocycles. The highest BCUT2D eigenvalue weighted by molar-refractivity contribution is 8.00. The maximum atomic E-state index is 12.5. The number of carbonyl (C=O) groups is 1. The molecule has 2 aliphatic heterocycles. The van der Waals surface area contributed by atoms with Gasteiger partial charge in [-0.3, -0.25) is 4.79 Å². The molecule has 142 valence electrons. The Morgan fingerprint density at radius 1 is 1.19 bits per heavy atom. The summed E-state index contributed by atoms with van der Waals surface area (Å²) in [7, 11) is -2.82. The number of amides is 1. The van der Waals surface area contributed by atoms with E-state index in [2.05, 4.69) is 18.2 Å². The molecule has 0 unspecified atom stereocenters. The first kappa shape index (κ1) is 18.3. The van der Waals surface area contributed by atoms with Gasteiger partial charge < -0.3 is 9.80 Å². The first-order chi connectivity index (χ1) is 12.5. The molecule has 0 bridgehead atoms. The third-order valence-corrected chi connectivity index (χ3v) is 8.75. The number of nitrogens with one attached hydrogen (secondary N) is 1. The minimum Gasteiger partial charge on any atom is -0.331 e. The van der Waals surface area contributed by atoms with Crippen molar-refractivity contribution in [2.24, 2.45) is 0 Å². The standard InChI is InChI=1S/C19H26N2O3S2/c22-19(13-25-18-5-4-15-2-1-3-16(15)12-18)21-9-7-20(8-10-21)17-6-11-26(23,24)14-17/h4-5,12,17H,1-3,6-11,13-14H2/p+1/t17-/m1/s1. The van der Waals surface area contributed by atoms with Crippen LogP contribution in [-0.4, -0.2) is 68.7 Å². The Balaban J connectivity index is 1.25. The molecule has 0 aromatic heterocycles. The maximum Gasteiger partial charge on any atom is 0.233 e. The first-order valence-electron chi connectivity index (χ1n) is 9.57. The number of piperazine rings is 1. The highest BCUT2D eigenvalue weighted by Crippen LogP contribution is 2.27. The zero-order chi connectivity index (χ0) is 18.1. The van der Waals surface area contributed by atoms with Crippen molar-refractivity contribution in [3.8, 4) is 0 Å². The van der Waals surface area contributed by atoms with Crippen LogP contribution in [0.25, 0.3) is 0 Å². The van der Waals surface area contributed by atoms with Gasteiger partial charge in [0, 0.05) is 11.3 Å². The lowest BCUT2D eigenvalue weighted by atomic mass is 10.1. The Bertz CT molecular complexity index is 786. The monoisotopic (exact) mass is 395 g/mol. The predicted molar refractivity (Wildman–Crippen MR) is 104 cm³/mol. The predicted octanol–water partition coefficient (Wildman–Crippen LogP) is 0.182. The van der Waals surface area contributed by atoms with E-state index in [1.807, 2.05) is 4.90 Å². The van der Waals surface area contributed by atoms with Crippen LogP contribution in [0.4, 0.5) is 0 Å². The molecule has 0 radical (unpaired) electrons. The number of aryl methyl sites for hydroxylation is 2. The van der Waals surface area contributed by atoms with Crippen molar-refractivity contribution >= 4 is 27.5 Å². The third-order valence-electron chi connectivity index (χ3n) is 6.00. The van der Waals surface area contributed by atoms with E-state index in [4.69, 9.17) is 0 Å². The number of quaternary nitrogens is 1. The molecule has 2 fully saturated rings. The van der Waals surface area contributed by atoms with E-state index in [0.29, 0.717) is 17.3 Å². The van der Waals surface area contributed by atoms with E-state index < -0.39 is 9.84 Å². The highest BCUT2D eigenvalue weighted by atomic mass is 32.2. The number of sulfone groups is 1. The lowest BCUT2D eigenvalue weighted by Crippen LogP contribution is -3.18. The summed E-state index contributed by atoms with van der Waals surface area (Å²) >= 11 is 1.64. The van der Waals surface area contributed by atoms with Gasteiger partial charge in [-0.25, -0.2) is 8.42 Å². The molecule has 1 aliphatic carbocycles. The third kappa shape index (κ3) is 4.10. The fourth-order valence-electron chi connectivity index (χ4n) is 4.44. The van der Waals surface area contributed by atoms with Crippen LogP contribution in [0.3, 0.4) is 0 Å². The summed E-state index contributed by atoms with van der Waals surface area (Å²) in [6.07, 6.45) is 4.38. The molecule has 2 saturated heterocycles. The van der Waals surface area contributed by atoms with E-state index in [-0.39, 0.29) is 11.9 Å². The zero-order valence-electron chi connectivity index (χ0n) is 15.1. The zero-order valence-corrected chi connectivity index (χ0v) is 16.7. The molecule has 1 N–H and O–H groups in total. The molecule has 3 aliphatic rings. The molecule has 7 heteroatoms. The van der Waals surface area contributed by atoms with E-state index in [0.717, 1.165) is 32.6 Å². The van der Waals surface area contributed by atoms with E-state index in [1.165, 1.54) is 40.2 Å². The number of carbonyl (C=O) groups excluding carboxylic acids is 1. The molecule has 1 atom stereocenters. The van der Waals surface area contributed by atoms with Gasteiger partial charge in [-0.15, -0.1) is 11.8 Å². The lowest BCUT2D eigenvalue weighted by Gasteiger charge is -2.35. The van der Waals surface area contributed by atoms with Gasteiger partial charge in [0.2, 0.25) is 5.91 Å². The molecular formula is C19H27N2O3S2+. The van der Waals surface area contributed by atoms with Gasteiger partial charge in [0.15, 0.2) is 9.84 Å². The van der Waals surface area contributed by atoms with Gasteiger partial charge in [0.1, 0.15) is 11.8 Å². The maximum absolute atomic E-state index is 12.5. The van der Waals surface area contributed by atoms with Crippen LogP contribution in [0.15, 0.2) is 23.1 Å². The Morgan fingerprint density at radius 2 is 1.96 bits per heavy atom. The van der Waals surface area contributed by atoms with Gasteiger partial charge >= 0.3 is 0 Å². The number of thioether (sulfide) groups is 1. The van der Waals surface area contributed by atoms with Gasteiger partial charge in [0.05, 0.1) is 37.7 Å². The average Bonchev–Trinajstić information content (AvgIpc) is 3.25. The number of rotatable bonds is 4. The van der Waals surface area contributed by atoms with Crippen LogP contribution in [0.1, 0.15) is 24.0 Å². The Morgan fingerprint density at radius 3 is 2.69 bits per heavy atom. The SMILES string of the molecule is O=C(CSc1ccc2c(c1)CCC2)N1CC[NH+]([C@@H]2CCS(=O)(=O)C2)CC1. The fourth-order valence-corrected chi connectivity index (χ4v) is 7.13. The van der Waals surface area contributed by atoms with Crippen LogP contribution in [-0.2, 0) is 27.5 Å². The summed E-state index contributed by atoms with van der Waals surface area (Å²) in [5.41, 5.74) is 2.92. The molecular weight excluding hydrogens is 368 g/mol. The van der Waals surface area contributed by atoms with Gasteiger partial charge in [0.25, 0.3) is 0 Å². The van der Waals surface area contributed by atoms with Crippen molar-refractivity contribution < 1.29 is 18.1 Å². The quantitative estimate of drug-likeness (QED) is 0.739. The second-order valence-corrected chi connectivity index (χ2v) is 11.0. The summed E-state index contributed by atoms with van der Waals surface area (Å²) in [5.74, 6) is 1.35. The van der Waals surface area contributed by atoms with Crippen molar-refractivity contribution in [1.29, 1.82) is 0 Å². The molecule has 1 amide bonds. The van der Waals surface area contributed by atoms with Gasteiger partial charge in [-0.05, 0) is 42.5 Å². The minimum absolute atomic E-state index is 0.202. The average molecular weight is 396 g/mol. The topological polar surface area (TPSA) is 58.9 Å². The van der Waals surface area contributed by atoms with Crippen LogP contribution >= 0.6 is 11.8 Å². The van der Waals surface area contributed by atoms with Crippen molar-refractivity contribution in [3.05, 3.63) is 29.3 Å². The second-order valence-electron chi connectivity index (χ2n) is 7.71. The van der Waals surface area contributed by atoms with Crippen LogP contribution in [0.5, 0.6) is 0 Å². The Labute approximate surface area is 160 Å². The summed E-state index contributed by atoms with van der Waals surface area (Å²) < 4.78 is 23.3. The van der Waals surface area contributed by atoms with Gasteiger partial charge in [-0.1, -0.05) is 6.07 Å². The number of fused-ring (bicyclic) bond motifs is 1. The van der Waals surface area contributed by atoms with Crippen LogP contribution in [0.2, 0.25) is 0 Å². The summed E-state index contributed by atoms with van der Waals surface area (Å²) in [6.45, 7) is 3.23. The smallest absolute Gasteiger partial charge is 0.233 e. The number of hydrogen-bond donors (Lipinski definition) is 1. The fraction of sp³-hybridized carbons (Fsp3) is 0.632. The normalized spacial score (nSPS) is 25.4. The lowest BCUT2D eigenvalue weighted by molar-refractivity contribution is -0.925. The van der Waals surface area contributed by atoms with Crippen molar-refractivity contribution in [2.75, 3.05) is 43.4 Å². The molecule has 0 saturated carbocycles. The van der Waals surface area contributed by atoms with Crippen molar-refractivity contribution in [3.63, 3.8) is 0 Å². The van der Waals surface area contributed by atoms with E-state index in [9.17, 15) is 13.2 Å². The largest absolute Gasteiger partial charge is 0.331 e. The number of hydrogen-bond acceptors (Lipinski definition) is 4. The Hall–Kier alpha value is -1.05. The summed E-state index contributed by atoms with van der Waals surface area (Å²) in [6, 6.07) is 6.85. The number of nitrogens with zero attached hydrogens (tertiary/aromatic N) is 1. The number of benzene rings is 1. The van der Waals surface area contributed by atoms with Crippen LogP contribution < -0.4 is 4.90 Å². The van der Waals surface area contributed by atoms with E-state index in [1.54, 1.807) is 11.8 Å². The molecule has 0 spiro atoms.